The summed E-state index contributed by atoms with van der Waals surface area (Å²) in [6.45, 7) is -0.258. The van der Waals surface area contributed by atoms with Crippen molar-refractivity contribution < 1.29 is 27.2 Å². The van der Waals surface area contributed by atoms with Crippen LogP contribution in [-0.2, 0) is 17.5 Å². The van der Waals surface area contributed by atoms with Crippen LogP contribution in [0.15, 0.2) is 59.3 Å². The second-order valence-electron chi connectivity index (χ2n) is 5.91. The van der Waals surface area contributed by atoms with Crippen LogP contribution >= 0.6 is 0 Å². The summed E-state index contributed by atoms with van der Waals surface area (Å²) in [6, 6.07) is 11.6. The number of nitrogens with one attached hydrogen (secondary N) is 1. The third-order valence-corrected chi connectivity index (χ3v) is 4.07. The van der Waals surface area contributed by atoms with Gasteiger partial charge in [0.1, 0.15) is 0 Å². The van der Waals surface area contributed by atoms with E-state index in [9.17, 15) is 18.0 Å². The summed E-state index contributed by atoms with van der Waals surface area (Å²) in [6.07, 6.45) is -2.87. The number of para-hydroxylation sites is 1. The Morgan fingerprint density at radius 2 is 1.86 bits per heavy atom. The molecular formula is C19H12F3N3O3. The molecule has 0 aliphatic rings. The third kappa shape index (κ3) is 3.46. The number of ether oxygens (including phenoxy) is 1. The van der Waals surface area contributed by atoms with Crippen molar-refractivity contribution in [1.82, 2.24) is 15.1 Å². The summed E-state index contributed by atoms with van der Waals surface area (Å²) in [5, 5.41) is 4.43. The van der Waals surface area contributed by atoms with Gasteiger partial charge in [0, 0.05) is 22.7 Å². The minimum atomic E-state index is -4.42. The quantitative estimate of drug-likeness (QED) is 0.518. The van der Waals surface area contributed by atoms with E-state index in [4.69, 9.17) is 9.26 Å². The number of esters is 1. The average Bonchev–Trinajstić information content (AvgIpc) is 3.33. The molecule has 6 nitrogen and oxygen atoms in total. The number of carbonyl (C=O) groups excluding carboxylic acids is 1. The van der Waals surface area contributed by atoms with Crippen molar-refractivity contribution in [1.29, 1.82) is 0 Å². The first-order valence-corrected chi connectivity index (χ1v) is 8.15. The van der Waals surface area contributed by atoms with Gasteiger partial charge < -0.3 is 14.2 Å². The van der Waals surface area contributed by atoms with Gasteiger partial charge in [-0.1, -0.05) is 35.5 Å². The van der Waals surface area contributed by atoms with Gasteiger partial charge in [-0.25, -0.2) is 4.79 Å². The zero-order chi connectivity index (χ0) is 19.7. The predicted molar refractivity (Wildman–Crippen MR) is 92.2 cm³/mol. The fourth-order valence-corrected chi connectivity index (χ4v) is 2.68. The number of rotatable bonds is 4. The highest BCUT2D eigenvalue weighted by molar-refractivity contribution is 6.03. The van der Waals surface area contributed by atoms with E-state index in [2.05, 4.69) is 15.1 Å². The van der Waals surface area contributed by atoms with E-state index in [-0.39, 0.29) is 18.3 Å². The van der Waals surface area contributed by atoms with Crippen molar-refractivity contribution in [3.63, 3.8) is 0 Å². The van der Waals surface area contributed by atoms with Crippen LogP contribution in [0.1, 0.15) is 21.8 Å². The van der Waals surface area contributed by atoms with Crippen LogP contribution in [0.4, 0.5) is 13.2 Å². The lowest BCUT2D eigenvalue weighted by Crippen LogP contribution is -2.05. The van der Waals surface area contributed by atoms with E-state index in [1.807, 2.05) is 12.1 Å². The number of aromatic nitrogens is 3. The molecule has 9 heteroatoms. The lowest BCUT2D eigenvalue weighted by Gasteiger charge is -2.05. The molecule has 0 saturated carbocycles. The molecule has 0 saturated heterocycles. The zero-order valence-corrected chi connectivity index (χ0v) is 14.2. The Hall–Kier alpha value is -3.62. The number of halogens is 3. The SMILES string of the molecule is O=C(OCc1nc(-c2ccc(C(F)(F)F)cc2)no1)c1c[nH]c2ccccc12. The number of aromatic amines is 1. The van der Waals surface area contributed by atoms with E-state index < -0.39 is 17.7 Å². The highest BCUT2D eigenvalue weighted by Crippen LogP contribution is 2.30. The lowest BCUT2D eigenvalue weighted by molar-refractivity contribution is -0.137. The number of carbonyl (C=O) groups is 1. The van der Waals surface area contributed by atoms with Crippen molar-refractivity contribution in [2.75, 3.05) is 0 Å². The van der Waals surface area contributed by atoms with Crippen LogP contribution in [0.3, 0.4) is 0 Å². The fourth-order valence-electron chi connectivity index (χ4n) is 2.68. The topological polar surface area (TPSA) is 81.0 Å². The highest BCUT2D eigenvalue weighted by Gasteiger charge is 2.30. The Morgan fingerprint density at radius 1 is 1.11 bits per heavy atom. The first-order chi connectivity index (χ1) is 13.4. The molecular weight excluding hydrogens is 375 g/mol. The van der Waals surface area contributed by atoms with E-state index >= 15 is 0 Å². The van der Waals surface area contributed by atoms with Crippen LogP contribution in [0.25, 0.3) is 22.3 Å². The van der Waals surface area contributed by atoms with Gasteiger partial charge in [-0.2, -0.15) is 18.2 Å². The normalized spacial score (nSPS) is 11.7. The molecule has 0 radical (unpaired) electrons. The average molecular weight is 387 g/mol. The number of hydrogen-bond acceptors (Lipinski definition) is 5. The maximum atomic E-state index is 12.6. The van der Waals surface area contributed by atoms with Gasteiger partial charge in [0.25, 0.3) is 5.89 Å². The van der Waals surface area contributed by atoms with Gasteiger partial charge in [-0.15, -0.1) is 0 Å². The molecule has 0 amide bonds. The summed E-state index contributed by atoms with van der Waals surface area (Å²) in [5.41, 5.74) is 0.758. The number of alkyl halides is 3. The maximum absolute atomic E-state index is 12.6. The fraction of sp³-hybridized carbons (Fsp3) is 0.105. The number of nitrogens with zero attached hydrogens (tertiary/aromatic N) is 2. The van der Waals surface area contributed by atoms with Gasteiger partial charge >= 0.3 is 12.1 Å². The molecule has 0 bridgehead atoms. The number of hydrogen-bond donors (Lipinski definition) is 1. The molecule has 1 N–H and O–H groups in total. The van der Waals surface area contributed by atoms with E-state index in [0.29, 0.717) is 11.1 Å². The molecule has 28 heavy (non-hydrogen) atoms. The summed E-state index contributed by atoms with van der Waals surface area (Å²) in [4.78, 5) is 19.3. The van der Waals surface area contributed by atoms with Gasteiger partial charge in [0.2, 0.25) is 5.82 Å². The monoisotopic (exact) mass is 387 g/mol. The van der Waals surface area contributed by atoms with Gasteiger partial charge in [-0.3, -0.25) is 0 Å². The molecule has 142 valence electrons. The van der Waals surface area contributed by atoms with Crippen LogP contribution in [0.5, 0.6) is 0 Å². The molecule has 0 spiro atoms. The molecule has 4 rings (SSSR count). The van der Waals surface area contributed by atoms with E-state index in [0.717, 1.165) is 23.0 Å². The van der Waals surface area contributed by atoms with Gasteiger partial charge in [-0.05, 0) is 18.2 Å². The number of fused-ring (bicyclic) bond motifs is 1. The van der Waals surface area contributed by atoms with E-state index in [1.54, 1.807) is 18.3 Å². The second-order valence-corrected chi connectivity index (χ2v) is 5.91. The number of H-pyrrole nitrogens is 1. The highest BCUT2D eigenvalue weighted by atomic mass is 19.4. The Bertz CT molecular complexity index is 1130. The van der Waals surface area contributed by atoms with Crippen LogP contribution < -0.4 is 0 Å². The molecule has 2 heterocycles. The molecule has 0 fully saturated rings. The lowest BCUT2D eigenvalue weighted by atomic mass is 10.1. The molecule has 2 aromatic heterocycles. The Kier molecular flexibility index (Phi) is 4.34. The van der Waals surface area contributed by atoms with Crippen LogP contribution in [0.2, 0.25) is 0 Å². The Labute approximate surface area is 155 Å². The third-order valence-electron chi connectivity index (χ3n) is 4.07. The maximum Gasteiger partial charge on any atom is 0.416 e. The first kappa shape index (κ1) is 17.8. The second kappa shape index (κ2) is 6.84. The minimum absolute atomic E-state index is 0.0306. The molecule has 2 aromatic carbocycles. The van der Waals surface area contributed by atoms with Crippen molar-refractivity contribution in [3.05, 3.63) is 71.7 Å². The Balaban J connectivity index is 1.44. The molecule has 0 aliphatic heterocycles. The van der Waals surface area contributed by atoms with Crippen LogP contribution in [-0.4, -0.2) is 21.1 Å². The first-order valence-electron chi connectivity index (χ1n) is 8.15. The summed E-state index contributed by atoms with van der Waals surface area (Å²) < 4.78 is 48.0. The van der Waals surface area contributed by atoms with Gasteiger partial charge in [0.15, 0.2) is 6.61 Å². The zero-order valence-electron chi connectivity index (χ0n) is 14.2. The summed E-state index contributed by atoms with van der Waals surface area (Å²) in [7, 11) is 0. The smallest absolute Gasteiger partial charge is 0.416 e. The van der Waals surface area contributed by atoms with Crippen molar-refractivity contribution in [2.45, 2.75) is 12.8 Å². The number of benzene rings is 2. The molecule has 0 aliphatic carbocycles. The predicted octanol–water partition coefficient (Wildman–Crippen LogP) is 4.59. The molecule has 0 unspecified atom stereocenters. The van der Waals surface area contributed by atoms with Crippen molar-refractivity contribution in [2.24, 2.45) is 0 Å². The Morgan fingerprint density at radius 3 is 2.61 bits per heavy atom. The summed E-state index contributed by atoms with van der Waals surface area (Å²) >= 11 is 0. The molecule has 0 atom stereocenters. The van der Waals surface area contributed by atoms with Crippen LogP contribution in [0, 0.1) is 0 Å². The largest absolute Gasteiger partial charge is 0.452 e. The van der Waals surface area contributed by atoms with Gasteiger partial charge in [0.05, 0.1) is 11.1 Å². The van der Waals surface area contributed by atoms with Crippen molar-refractivity contribution >= 4 is 16.9 Å². The van der Waals surface area contributed by atoms with Crippen molar-refractivity contribution in [3.8, 4) is 11.4 Å². The molecule has 4 aromatic rings. The summed E-state index contributed by atoms with van der Waals surface area (Å²) in [5.74, 6) is -0.429. The standard InChI is InChI=1S/C19H12F3N3O3/c20-19(21,22)12-7-5-11(6-8-12)17-24-16(28-25-17)10-27-18(26)14-9-23-15-4-2-1-3-13(14)15/h1-9,23H,10H2. The van der Waals surface area contributed by atoms with E-state index in [1.165, 1.54) is 12.1 Å². The minimum Gasteiger partial charge on any atom is -0.452 e.